The normalized spacial score (nSPS) is 7.10. The predicted molar refractivity (Wildman–Crippen MR) is 45.6 cm³/mol. The molecule has 0 spiro atoms. The third kappa shape index (κ3) is 7.96. The third-order valence-electron chi connectivity index (χ3n) is 1.03. The number of thiol groups is 1. The molecule has 0 aromatic carbocycles. The van der Waals surface area contributed by atoms with E-state index in [1.54, 1.807) is 0 Å². The largest absolute Gasteiger partial charge is 1.00 e. The number of nitrogens with zero attached hydrogens (tertiary/aromatic N) is 1. The first kappa shape index (κ1) is 17.8. The molecule has 0 heterocycles. The maximum atomic E-state index is 4.81. The molecule has 0 aliphatic carbocycles. The molecule has 0 saturated carbocycles. The van der Waals surface area contributed by atoms with Gasteiger partial charge in [-0.25, -0.2) is 0 Å². The maximum Gasteiger partial charge on any atom is 1.00 e. The predicted octanol–water partition coefficient (Wildman–Crippen LogP) is -1.34. The fraction of sp³-hybridized carbons (Fsp3) is 0.800. The summed E-state index contributed by atoms with van der Waals surface area (Å²) >= 11 is 8.82. The molecule has 0 aliphatic rings. The van der Waals surface area contributed by atoms with Crippen LogP contribution in [-0.2, 0) is 19.5 Å². The maximum absolute atomic E-state index is 4.81. The summed E-state index contributed by atoms with van der Waals surface area (Å²) in [5, 5.41) is 0. The Morgan fingerprint density at radius 1 is 1.50 bits per heavy atom. The molecule has 0 radical (unpaired) electrons. The molecule has 0 aliphatic heterocycles. The van der Waals surface area contributed by atoms with Gasteiger partial charge < -0.3 is 6.33 Å². The number of hydrogen-bond donors (Lipinski definition) is 1. The van der Waals surface area contributed by atoms with Gasteiger partial charge in [-0.1, -0.05) is 12.2 Å². The van der Waals surface area contributed by atoms with E-state index in [1.807, 2.05) is 4.90 Å². The van der Waals surface area contributed by atoms with Crippen LogP contribution in [0.3, 0.4) is 0 Å². The summed E-state index contributed by atoms with van der Waals surface area (Å²) in [6.07, 6.45) is 0. The minimum Gasteiger partial charge on any atom is -1.00 e. The van der Waals surface area contributed by atoms with Crippen LogP contribution in [0.15, 0.2) is 0 Å². The summed E-state index contributed by atoms with van der Waals surface area (Å²) in [6, 6.07) is 0. The summed E-state index contributed by atoms with van der Waals surface area (Å²) in [5.41, 5.74) is 0. The molecular formula is C5H12NNaS2Zn. The van der Waals surface area contributed by atoms with Crippen molar-refractivity contribution in [3.8, 4) is 0 Å². The van der Waals surface area contributed by atoms with Gasteiger partial charge in [0.15, 0.2) is 0 Å². The average molecular weight is 239 g/mol. The molecule has 1 nitrogen and oxygen atoms in total. The van der Waals surface area contributed by atoms with Crippen molar-refractivity contribution >= 4 is 29.2 Å². The second-order valence-corrected chi connectivity index (χ2v) is 2.57. The molecule has 52 valence electrons. The molecule has 0 unspecified atom stereocenters. The van der Waals surface area contributed by atoms with Crippen LogP contribution in [0.4, 0.5) is 0 Å². The van der Waals surface area contributed by atoms with E-state index in [0.29, 0.717) is 4.32 Å². The third-order valence-corrected chi connectivity index (χ3v) is 1.58. The van der Waals surface area contributed by atoms with Gasteiger partial charge in [-0.15, -0.1) is 12.6 Å². The van der Waals surface area contributed by atoms with Crippen LogP contribution in [0.1, 0.15) is 15.3 Å². The average Bonchev–Trinajstić information content (AvgIpc) is 1.69. The van der Waals surface area contributed by atoms with E-state index >= 15 is 0 Å². The Labute approximate surface area is 110 Å². The van der Waals surface area contributed by atoms with E-state index in [9.17, 15) is 0 Å². The van der Waals surface area contributed by atoms with Gasteiger partial charge in [0.25, 0.3) is 0 Å². The number of rotatable bonds is 2. The van der Waals surface area contributed by atoms with Crippen LogP contribution < -0.4 is 29.6 Å². The Kier molecular flexibility index (Phi) is 19.4. The topological polar surface area (TPSA) is 3.24 Å². The van der Waals surface area contributed by atoms with Gasteiger partial charge in [-0.2, -0.15) is 0 Å². The number of hydrogen-bond acceptors (Lipinski definition) is 1. The summed E-state index contributed by atoms with van der Waals surface area (Å²) in [5.74, 6) is 0. The Balaban J connectivity index is -0.0000000817. The van der Waals surface area contributed by atoms with Gasteiger partial charge in [-0.05, 0) is 13.8 Å². The van der Waals surface area contributed by atoms with E-state index in [2.05, 4.69) is 26.5 Å². The Bertz CT molecular complexity index is 92.6. The molecule has 0 aromatic heterocycles. The van der Waals surface area contributed by atoms with Crippen molar-refractivity contribution in [2.75, 3.05) is 13.1 Å². The first-order valence-corrected chi connectivity index (χ1v) is 3.55. The van der Waals surface area contributed by atoms with E-state index in [4.69, 9.17) is 12.2 Å². The SMILES string of the molecule is CCN(CC)C(=S)S.[H-].[Na+].[Zn]. The Hall–Kier alpha value is 1.86. The van der Waals surface area contributed by atoms with Crippen LogP contribution in [0.5, 0.6) is 0 Å². The zero-order valence-electron chi connectivity index (χ0n) is 7.92. The smallest absolute Gasteiger partial charge is 1.00 e. The van der Waals surface area contributed by atoms with Gasteiger partial charge in [0.05, 0.1) is 0 Å². The quantitative estimate of drug-likeness (QED) is 0.360. The zero-order chi connectivity index (χ0) is 6.57. The molecule has 0 fully saturated rings. The number of thiocarbonyl (C=S) groups is 1. The molecule has 10 heavy (non-hydrogen) atoms. The van der Waals surface area contributed by atoms with Crippen LogP contribution in [0, 0.1) is 0 Å². The molecule has 0 aromatic rings. The summed E-state index contributed by atoms with van der Waals surface area (Å²) in [4.78, 5) is 2.01. The molecule has 0 atom stereocenters. The molecule has 0 N–H and O–H groups in total. The second-order valence-electron chi connectivity index (χ2n) is 1.45. The standard InChI is InChI=1S/C5H11NS2.Na.Zn.H/c1-3-6(4-2)5(7)8;;;/h3-4H2,1-2H3,(H,7,8);;;/q;+1;;-1. The second kappa shape index (κ2) is 10.9. The van der Waals surface area contributed by atoms with Crippen molar-refractivity contribution in [1.29, 1.82) is 0 Å². The first-order valence-electron chi connectivity index (χ1n) is 2.70. The van der Waals surface area contributed by atoms with Crippen molar-refractivity contribution in [3.63, 3.8) is 0 Å². The molecule has 5 heteroatoms. The summed E-state index contributed by atoms with van der Waals surface area (Å²) < 4.78 is 0.690. The molecular weight excluding hydrogens is 227 g/mol. The van der Waals surface area contributed by atoms with Crippen molar-refractivity contribution < 1.29 is 50.5 Å². The molecule has 0 saturated heterocycles. The van der Waals surface area contributed by atoms with E-state index in [-0.39, 0.29) is 50.5 Å². The minimum atomic E-state index is 0. The first-order chi connectivity index (χ1) is 3.72. The minimum absolute atomic E-state index is 0. The van der Waals surface area contributed by atoms with Crippen molar-refractivity contribution in [3.05, 3.63) is 0 Å². The molecule has 0 amide bonds. The van der Waals surface area contributed by atoms with Crippen LogP contribution in [-0.4, -0.2) is 22.3 Å². The van der Waals surface area contributed by atoms with Gasteiger partial charge in [0.1, 0.15) is 4.32 Å². The molecule has 0 rings (SSSR count). The Morgan fingerprint density at radius 2 is 1.80 bits per heavy atom. The van der Waals surface area contributed by atoms with Gasteiger partial charge in [0.2, 0.25) is 0 Å². The summed E-state index contributed by atoms with van der Waals surface area (Å²) in [7, 11) is 0. The Morgan fingerprint density at radius 3 is 1.80 bits per heavy atom. The summed E-state index contributed by atoms with van der Waals surface area (Å²) in [6.45, 7) is 6.04. The van der Waals surface area contributed by atoms with Gasteiger partial charge >= 0.3 is 29.6 Å². The van der Waals surface area contributed by atoms with Crippen LogP contribution in [0.25, 0.3) is 0 Å². The van der Waals surface area contributed by atoms with E-state index in [0.717, 1.165) is 13.1 Å². The van der Waals surface area contributed by atoms with Gasteiger partial charge in [0, 0.05) is 32.6 Å². The van der Waals surface area contributed by atoms with Crippen LogP contribution >= 0.6 is 24.8 Å². The van der Waals surface area contributed by atoms with Gasteiger partial charge in [-0.3, -0.25) is 0 Å². The van der Waals surface area contributed by atoms with Crippen molar-refractivity contribution in [2.24, 2.45) is 0 Å². The zero-order valence-corrected chi connectivity index (χ0v) is 13.6. The van der Waals surface area contributed by atoms with Crippen molar-refractivity contribution in [1.82, 2.24) is 4.90 Å². The van der Waals surface area contributed by atoms with Crippen molar-refractivity contribution in [2.45, 2.75) is 13.8 Å². The molecule has 0 bridgehead atoms. The monoisotopic (exact) mass is 237 g/mol. The van der Waals surface area contributed by atoms with E-state index in [1.165, 1.54) is 0 Å². The fourth-order valence-corrected chi connectivity index (χ4v) is 1.04. The van der Waals surface area contributed by atoms with Crippen LogP contribution in [0.2, 0.25) is 0 Å². The fourth-order valence-electron chi connectivity index (χ4n) is 0.494. The van der Waals surface area contributed by atoms with E-state index < -0.39 is 0 Å².